The Balaban J connectivity index is 1.43. The first-order valence-corrected chi connectivity index (χ1v) is 20.1. The van der Waals surface area contributed by atoms with Gasteiger partial charge in [-0.1, -0.05) is 32.9 Å². The molecule has 2 aromatic rings. The van der Waals surface area contributed by atoms with E-state index in [9.17, 15) is 32.4 Å². The van der Waals surface area contributed by atoms with Crippen LogP contribution in [0.5, 0.6) is 5.75 Å². The molecule has 5 amide bonds. The maximum Gasteiger partial charge on any atom is 0.408 e. The Bertz CT molecular complexity index is 1950. The molecule has 1 aliphatic heterocycles. The SMILES string of the molecule is CC(C)Oc1ccc(CN2C(=O)[C@@H](NC(=O)OC(C)(C)C)CS(=O)(=O)c3cc(F)c(C(=O)NC45CCC(C(=O)NNC(=O)C(C)(C)C)(CC4)CC5)cc32)cc1. The van der Waals surface area contributed by atoms with Crippen LogP contribution in [0.4, 0.5) is 14.9 Å². The lowest BCUT2D eigenvalue weighted by Crippen LogP contribution is -2.61. The van der Waals surface area contributed by atoms with Gasteiger partial charge < -0.3 is 25.0 Å². The Morgan fingerprint density at radius 3 is 2.07 bits per heavy atom. The molecule has 2 aromatic carbocycles. The summed E-state index contributed by atoms with van der Waals surface area (Å²) in [7, 11) is -4.42. The minimum Gasteiger partial charge on any atom is -0.491 e. The fourth-order valence-corrected chi connectivity index (χ4v) is 8.78. The van der Waals surface area contributed by atoms with Crippen LogP contribution >= 0.6 is 0 Å². The normalized spacial score (nSPS) is 23.3. The van der Waals surface area contributed by atoms with Crippen molar-refractivity contribution in [3.05, 3.63) is 53.3 Å². The van der Waals surface area contributed by atoms with E-state index in [0.717, 1.165) is 17.0 Å². The summed E-state index contributed by atoms with van der Waals surface area (Å²) in [6, 6.07) is 7.00. The highest BCUT2D eigenvalue weighted by atomic mass is 32.2. The molecule has 55 heavy (non-hydrogen) atoms. The molecule has 1 heterocycles. The molecular formula is C39H52FN5O9S. The lowest BCUT2D eigenvalue weighted by molar-refractivity contribution is -0.143. The second kappa shape index (κ2) is 15.1. The summed E-state index contributed by atoms with van der Waals surface area (Å²) in [4.78, 5) is 67.1. The number of fused-ring (bicyclic) bond motifs is 4. The Labute approximate surface area is 321 Å². The van der Waals surface area contributed by atoms with E-state index in [1.165, 1.54) is 0 Å². The van der Waals surface area contributed by atoms with Crippen molar-refractivity contribution >= 4 is 45.2 Å². The molecule has 3 fully saturated rings. The number of carbonyl (C=O) groups is 5. The first-order valence-electron chi connectivity index (χ1n) is 18.5. The average molecular weight is 786 g/mol. The van der Waals surface area contributed by atoms with E-state index in [4.69, 9.17) is 9.47 Å². The molecule has 3 saturated carbocycles. The van der Waals surface area contributed by atoms with E-state index < -0.39 is 77.8 Å². The highest BCUT2D eigenvalue weighted by molar-refractivity contribution is 7.91. The second-order valence-corrected chi connectivity index (χ2v) is 19.2. The minimum atomic E-state index is -4.42. The number of nitrogens with zero attached hydrogens (tertiary/aromatic N) is 1. The highest BCUT2D eigenvalue weighted by Gasteiger charge is 2.53. The van der Waals surface area contributed by atoms with E-state index in [2.05, 4.69) is 21.5 Å². The number of hydrogen-bond acceptors (Lipinski definition) is 9. The third kappa shape index (κ3) is 9.39. The predicted octanol–water partition coefficient (Wildman–Crippen LogP) is 4.84. The first kappa shape index (κ1) is 41.4. The Morgan fingerprint density at radius 2 is 1.53 bits per heavy atom. The molecule has 0 radical (unpaired) electrons. The highest BCUT2D eigenvalue weighted by Crippen LogP contribution is 2.52. The third-order valence-corrected chi connectivity index (χ3v) is 12.0. The van der Waals surface area contributed by atoms with Crippen LogP contribution < -0.4 is 31.1 Å². The van der Waals surface area contributed by atoms with Crippen LogP contribution in [0.3, 0.4) is 0 Å². The molecular weight excluding hydrogens is 734 g/mol. The summed E-state index contributed by atoms with van der Waals surface area (Å²) >= 11 is 0. The summed E-state index contributed by atoms with van der Waals surface area (Å²) in [6.07, 6.45) is 1.41. The monoisotopic (exact) mass is 785 g/mol. The van der Waals surface area contributed by atoms with Gasteiger partial charge in [0, 0.05) is 11.0 Å². The van der Waals surface area contributed by atoms with Gasteiger partial charge in [0.05, 0.1) is 40.0 Å². The zero-order valence-electron chi connectivity index (χ0n) is 32.7. The van der Waals surface area contributed by atoms with E-state index >= 15 is 4.39 Å². The second-order valence-electron chi connectivity index (χ2n) is 17.2. The molecule has 14 nitrogen and oxygen atoms in total. The van der Waals surface area contributed by atoms with E-state index in [0.29, 0.717) is 49.8 Å². The Kier molecular flexibility index (Phi) is 11.4. The predicted molar refractivity (Wildman–Crippen MR) is 201 cm³/mol. The molecule has 6 rings (SSSR count). The van der Waals surface area contributed by atoms with Crippen LogP contribution in [0.25, 0.3) is 0 Å². The smallest absolute Gasteiger partial charge is 0.408 e. The molecule has 2 bridgehead atoms. The number of hydrazine groups is 1. The molecule has 16 heteroatoms. The zero-order valence-corrected chi connectivity index (χ0v) is 33.5. The lowest BCUT2D eigenvalue weighted by atomic mass is 9.57. The van der Waals surface area contributed by atoms with Crippen LogP contribution in [0.2, 0.25) is 0 Å². The van der Waals surface area contributed by atoms with Gasteiger partial charge in [-0.25, -0.2) is 17.6 Å². The van der Waals surface area contributed by atoms with Crippen molar-refractivity contribution in [2.75, 3.05) is 10.7 Å². The largest absolute Gasteiger partial charge is 0.491 e. The van der Waals surface area contributed by atoms with Gasteiger partial charge in [-0.15, -0.1) is 0 Å². The number of carbonyl (C=O) groups excluding carboxylic acids is 5. The van der Waals surface area contributed by atoms with Crippen molar-refractivity contribution in [3.8, 4) is 5.75 Å². The number of amides is 5. The maximum absolute atomic E-state index is 16.0. The topological polar surface area (TPSA) is 189 Å². The van der Waals surface area contributed by atoms with Gasteiger partial charge in [0.25, 0.3) is 11.8 Å². The van der Waals surface area contributed by atoms with Crippen LogP contribution in [0.1, 0.15) is 110 Å². The molecule has 3 aliphatic carbocycles. The lowest BCUT2D eigenvalue weighted by Gasteiger charge is -2.52. The number of ether oxygens (including phenoxy) is 2. The number of rotatable bonds is 8. The summed E-state index contributed by atoms with van der Waals surface area (Å²) in [5.41, 5.74) is 1.82. The van der Waals surface area contributed by atoms with Crippen molar-refractivity contribution < 1.29 is 46.3 Å². The van der Waals surface area contributed by atoms with Crippen LogP contribution in [-0.2, 0) is 35.5 Å². The molecule has 0 aromatic heterocycles. The molecule has 0 unspecified atom stereocenters. The molecule has 4 N–H and O–H groups in total. The van der Waals surface area contributed by atoms with Gasteiger partial charge >= 0.3 is 6.09 Å². The van der Waals surface area contributed by atoms with Crippen LogP contribution in [0, 0.1) is 16.6 Å². The first-order chi connectivity index (χ1) is 25.4. The Hall–Kier alpha value is -4.73. The van der Waals surface area contributed by atoms with E-state index in [-0.39, 0.29) is 30.2 Å². The number of sulfone groups is 1. The fraction of sp³-hybridized carbons (Fsp3) is 0.564. The van der Waals surface area contributed by atoms with Gasteiger partial charge in [0.2, 0.25) is 11.8 Å². The van der Waals surface area contributed by atoms with Crippen molar-refractivity contribution in [1.82, 2.24) is 21.5 Å². The number of alkyl carbamates (subject to hydrolysis) is 1. The number of halogens is 1. The van der Waals surface area contributed by atoms with Gasteiger partial charge in [-0.2, -0.15) is 0 Å². The van der Waals surface area contributed by atoms with Crippen molar-refractivity contribution in [2.24, 2.45) is 10.8 Å². The number of nitrogens with one attached hydrogen (secondary N) is 4. The molecule has 0 spiro atoms. The fourth-order valence-electron chi connectivity index (χ4n) is 7.16. The van der Waals surface area contributed by atoms with Gasteiger partial charge in [0.15, 0.2) is 9.84 Å². The molecule has 300 valence electrons. The Morgan fingerprint density at radius 1 is 0.927 bits per heavy atom. The summed E-state index contributed by atoms with van der Waals surface area (Å²) in [5.74, 6) is -3.64. The van der Waals surface area contributed by atoms with Gasteiger partial charge in [0.1, 0.15) is 23.2 Å². The minimum absolute atomic E-state index is 0.0919. The van der Waals surface area contributed by atoms with Crippen molar-refractivity contribution in [3.63, 3.8) is 0 Å². The number of anilines is 1. The zero-order chi connectivity index (χ0) is 40.7. The van der Waals surface area contributed by atoms with Gasteiger partial charge in [-0.3, -0.25) is 30.0 Å². The van der Waals surface area contributed by atoms with Crippen LogP contribution in [-0.4, -0.2) is 67.2 Å². The van der Waals surface area contributed by atoms with Crippen molar-refractivity contribution in [2.45, 2.75) is 129 Å². The molecule has 1 atom stereocenters. The van der Waals surface area contributed by atoms with E-state index in [1.54, 1.807) is 65.8 Å². The van der Waals surface area contributed by atoms with Crippen LogP contribution in [0.15, 0.2) is 41.3 Å². The molecule has 4 aliphatic rings. The van der Waals surface area contributed by atoms with E-state index in [1.807, 2.05) is 13.8 Å². The summed E-state index contributed by atoms with van der Waals surface area (Å²) in [5, 5.41) is 5.36. The third-order valence-electron chi connectivity index (χ3n) is 10.3. The maximum atomic E-state index is 16.0. The number of hydrogen-bond donors (Lipinski definition) is 4. The molecule has 0 saturated heterocycles. The van der Waals surface area contributed by atoms with Gasteiger partial charge in [-0.05, 0) is 103 Å². The summed E-state index contributed by atoms with van der Waals surface area (Å²) < 4.78 is 54.7. The standard InChI is InChI=1S/C39H52FN5O9S/c1-23(2)53-25-11-9-24(10-12-25)21-45-29-19-26(27(40)20-30(29)55(51,52)22-28(32(45)47)41-35(50)54-37(6,7)8)31(46)42-39-16-13-38(14-17-39,15-18-39)34(49)44-43-33(48)36(3,4)5/h9-12,19-20,23,28H,13-18,21-22H2,1-8H3,(H,41,50)(H,42,46)(H,43,48)(H,44,49)/t28-,38?,39?/m0/s1. The average Bonchev–Trinajstić information content (AvgIpc) is 3.15. The number of benzene rings is 2. The summed E-state index contributed by atoms with van der Waals surface area (Å²) in [6.45, 7) is 13.6. The quantitative estimate of drug-likeness (QED) is 0.272. The van der Waals surface area contributed by atoms with Crippen molar-refractivity contribution in [1.29, 1.82) is 0 Å².